The number of amides is 3. The first kappa shape index (κ1) is 35.4. The van der Waals surface area contributed by atoms with Crippen LogP contribution in [0, 0.1) is 11.8 Å². The van der Waals surface area contributed by atoms with E-state index in [4.69, 9.17) is 9.72 Å². The first-order valence-corrected chi connectivity index (χ1v) is 18.6. The third kappa shape index (κ3) is 7.34. The zero-order chi connectivity index (χ0) is 36.4. The SMILES string of the molecule is COC(=O)N[C@H](C(=O)N1CCC[C@H]1c1ncc(-c2ccc(-c3ccc(-c4cnc([C@@H]5CCC[C@H]5C(=O)N5CCN(C)CC5)[nH]4)cc3)cc2)[nH]1)C(C)C. The molecular weight excluding hydrogens is 656 g/mol. The Morgan fingerprint density at radius 1 is 0.769 bits per heavy atom. The molecule has 1 saturated carbocycles. The Balaban J connectivity index is 0.992. The monoisotopic (exact) mass is 706 g/mol. The summed E-state index contributed by atoms with van der Waals surface area (Å²) < 4.78 is 4.76. The molecule has 0 spiro atoms. The van der Waals surface area contributed by atoms with Gasteiger partial charge in [-0.25, -0.2) is 14.8 Å². The molecule has 3 amide bonds. The maximum atomic E-state index is 13.5. The van der Waals surface area contributed by atoms with Gasteiger partial charge in [0.2, 0.25) is 11.8 Å². The minimum atomic E-state index is -0.671. The summed E-state index contributed by atoms with van der Waals surface area (Å²) in [7, 11) is 3.41. The number of methoxy groups -OCH3 is 1. The van der Waals surface area contributed by atoms with Gasteiger partial charge in [-0.15, -0.1) is 0 Å². The maximum Gasteiger partial charge on any atom is 0.407 e. The number of hydrogen-bond donors (Lipinski definition) is 3. The summed E-state index contributed by atoms with van der Waals surface area (Å²) in [5, 5.41) is 2.70. The van der Waals surface area contributed by atoms with Crippen LogP contribution in [0.4, 0.5) is 4.79 Å². The lowest BCUT2D eigenvalue weighted by Gasteiger charge is -2.34. The van der Waals surface area contributed by atoms with Gasteiger partial charge in [-0.05, 0) is 60.9 Å². The number of aromatic nitrogens is 4. The highest BCUT2D eigenvalue weighted by molar-refractivity contribution is 5.86. The number of hydrogen-bond acceptors (Lipinski definition) is 7. The molecule has 4 heterocycles. The van der Waals surface area contributed by atoms with Gasteiger partial charge in [0.25, 0.3) is 0 Å². The molecule has 3 aliphatic rings. The second-order valence-electron chi connectivity index (χ2n) is 14.8. The van der Waals surface area contributed by atoms with Gasteiger partial charge in [-0.3, -0.25) is 9.59 Å². The number of rotatable bonds is 9. The molecule has 274 valence electrons. The average Bonchev–Trinajstić information content (AvgIpc) is 4.00. The molecule has 7 rings (SSSR count). The summed E-state index contributed by atoms with van der Waals surface area (Å²) in [5.74, 6) is 1.87. The number of piperazine rings is 1. The summed E-state index contributed by atoms with van der Waals surface area (Å²) in [6, 6.07) is 16.0. The summed E-state index contributed by atoms with van der Waals surface area (Å²) in [5.41, 5.74) is 6.12. The third-order valence-corrected chi connectivity index (χ3v) is 11.2. The van der Waals surface area contributed by atoms with Crippen LogP contribution in [0.25, 0.3) is 33.6 Å². The predicted octanol–water partition coefficient (Wildman–Crippen LogP) is 5.84. The van der Waals surface area contributed by atoms with Crippen LogP contribution < -0.4 is 5.32 Å². The molecule has 2 aromatic carbocycles. The van der Waals surface area contributed by atoms with Gasteiger partial charge in [0.1, 0.15) is 17.7 Å². The van der Waals surface area contributed by atoms with E-state index < -0.39 is 12.1 Å². The van der Waals surface area contributed by atoms with Crippen molar-refractivity contribution in [2.75, 3.05) is 46.9 Å². The molecule has 12 nitrogen and oxygen atoms in total. The number of nitrogens with one attached hydrogen (secondary N) is 3. The standard InChI is InChI=1S/C40H50N8O4/c1-25(2)35(45-40(51)52-4)39(50)48-18-6-9-34(48)37-42-24-33(44-37)29-16-12-27(13-17-29)26-10-14-28(15-11-26)32-23-41-36(43-32)30-7-5-8-31(30)38(49)47-21-19-46(3)20-22-47/h10-17,23-25,30-31,34-35H,5-9,18-22H2,1-4H3,(H,41,43)(H,42,44)(H,45,51)/t30-,31-,34+,35+/m1/s1. The molecule has 2 saturated heterocycles. The average molecular weight is 707 g/mol. The van der Waals surface area contributed by atoms with E-state index in [1.165, 1.54) is 7.11 Å². The fourth-order valence-electron chi connectivity index (χ4n) is 8.05. The number of likely N-dealkylation sites (N-methyl/N-ethyl adjacent to an activating group) is 1. The van der Waals surface area contributed by atoms with Crippen molar-refractivity contribution in [3.8, 4) is 33.6 Å². The first-order chi connectivity index (χ1) is 25.2. The van der Waals surface area contributed by atoms with Crippen molar-refractivity contribution in [3.05, 3.63) is 72.6 Å². The van der Waals surface area contributed by atoms with E-state index in [1.807, 2.05) is 31.1 Å². The van der Waals surface area contributed by atoms with Crippen molar-refractivity contribution < 1.29 is 19.1 Å². The molecule has 4 aromatic rings. The lowest BCUT2D eigenvalue weighted by molar-refractivity contribution is -0.137. The highest BCUT2D eigenvalue weighted by Gasteiger charge is 2.39. The van der Waals surface area contributed by atoms with Crippen molar-refractivity contribution >= 4 is 17.9 Å². The molecule has 0 unspecified atom stereocenters. The highest BCUT2D eigenvalue weighted by Crippen LogP contribution is 2.40. The normalized spacial score (nSPS) is 21.4. The van der Waals surface area contributed by atoms with E-state index in [2.05, 4.69) is 85.6 Å². The number of benzene rings is 2. The second-order valence-corrected chi connectivity index (χ2v) is 14.8. The summed E-state index contributed by atoms with van der Waals surface area (Å²) in [6.45, 7) is 7.91. The number of carbonyl (C=O) groups excluding carboxylic acids is 3. The first-order valence-electron chi connectivity index (χ1n) is 18.6. The zero-order valence-electron chi connectivity index (χ0n) is 30.6. The van der Waals surface area contributed by atoms with Crippen LogP contribution in [0.1, 0.15) is 69.6 Å². The van der Waals surface area contributed by atoms with Crippen LogP contribution >= 0.6 is 0 Å². The Labute approximate surface area is 305 Å². The number of nitrogens with zero attached hydrogens (tertiary/aromatic N) is 5. The number of imidazole rings is 2. The molecule has 3 fully saturated rings. The van der Waals surface area contributed by atoms with E-state index >= 15 is 0 Å². The van der Waals surface area contributed by atoms with Crippen LogP contribution in [0.2, 0.25) is 0 Å². The predicted molar refractivity (Wildman–Crippen MR) is 199 cm³/mol. The molecule has 0 bridgehead atoms. The summed E-state index contributed by atoms with van der Waals surface area (Å²) in [4.78, 5) is 61.5. The van der Waals surface area contributed by atoms with Gasteiger partial charge >= 0.3 is 6.09 Å². The van der Waals surface area contributed by atoms with Crippen LogP contribution in [-0.2, 0) is 14.3 Å². The number of alkyl carbamates (subject to hydrolysis) is 1. The zero-order valence-corrected chi connectivity index (χ0v) is 30.6. The Bertz CT molecular complexity index is 1860. The minimum absolute atomic E-state index is 0.00188. The van der Waals surface area contributed by atoms with Gasteiger partial charge in [0.05, 0.1) is 36.9 Å². The van der Waals surface area contributed by atoms with E-state index in [1.54, 1.807) is 0 Å². The van der Waals surface area contributed by atoms with Gasteiger partial charge in [0, 0.05) is 44.6 Å². The molecular formula is C40H50N8O4. The van der Waals surface area contributed by atoms with Crippen molar-refractivity contribution in [1.29, 1.82) is 0 Å². The van der Waals surface area contributed by atoms with Gasteiger partial charge in [0.15, 0.2) is 0 Å². The van der Waals surface area contributed by atoms with Crippen LogP contribution in [0.15, 0.2) is 60.9 Å². The van der Waals surface area contributed by atoms with Crippen molar-refractivity contribution in [2.45, 2.75) is 64.0 Å². The fraction of sp³-hybridized carbons (Fsp3) is 0.475. The quantitative estimate of drug-likeness (QED) is 0.199. The van der Waals surface area contributed by atoms with E-state index in [0.29, 0.717) is 6.54 Å². The summed E-state index contributed by atoms with van der Waals surface area (Å²) >= 11 is 0. The molecule has 12 heteroatoms. The second kappa shape index (κ2) is 15.3. The smallest absolute Gasteiger partial charge is 0.407 e. The molecule has 4 atom stereocenters. The number of carbonyl (C=O) groups is 3. The van der Waals surface area contributed by atoms with Gasteiger partial charge in [-0.1, -0.05) is 68.8 Å². The molecule has 0 radical (unpaired) electrons. The minimum Gasteiger partial charge on any atom is -0.453 e. The highest BCUT2D eigenvalue weighted by atomic mass is 16.5. The van der Waals surface area contributed by atoms with Gasteiger partial charge in [-0.2, -0.15) is 0 Å². The third-order valence-electron chi connectivity index (χ3n) is 11.2. The lowest BCUT2D eigenvalue weighted by Crippen LogP contribution is -2.51. The van der Waals surface area contributed by atoms with E-state index in [9.17, 15) is 14.4 Å². The number of ether oxygens (including phenoxy) is 1. The summed E-state index contributed by atoms with van der Waals surface area (Å²) in [6.07, 6.45) is 7.74. The van der Waals surface area contributed by atoms with E-state index in [0.717, 1.165) is 104 Å². The van der Waals surface area contributed by atoms with Crippen molar-refractivity contribution in [1.82, 2.24) is 40.0 Å². The number of likely N-dealkylation sites (tertiary alicyclic amines) is 1. The van der Waals surface area contributed by atoms with Crippen molar-refractivity contribution in [2.24, 2.45) is 11.8 Å². The Hall–Kier alpha value is -4.97. The largest absolute Gasteiger partial charge is 0.453 e. The Morgan fingerprint density at radius 2 is 1.35 bits per heavy atom. The number of aromatic amines is 2. The molecule has 3 N–H and O–H groups in total. The molecule has 52 heavy (non-hydrogen) atoms. The molecule has 2 aliphatic heterocycles. The lowest BCUT2D eigenvalue weighted by atomic mass is 9.93. The van der Waals surface area contributed by atoms with Crippen LogP contribution in [0.3, 0.4) is 0 Å². The fourth-order valence-corrected chi connectivity index (χ4v) is 8.05. The number of H-pyrrole nitrogens is 2. The van der Waals surface area contributed by atoms with Gasteiger partial charge < -0.3 is 34.7 Å². The molecule has 1 aliphatic carbocycles. The van der Waals surface area contributed by atoms with E-state index in [-0.39, 0.29) is 35.6 Å². The van der Waals surface area contributed by atoms with Crippen LogP contribution in [0.5, 0.6) is 0 Å². The topological polar surface area (TPSA) is 140 Å². The van der Waals surface area contributed by atoms with Crippen molar-refractivity contribution in [3.63, 3.8) is 0 Å². The maximum absolute atomic E-state index is 13.5. The Kier molecular flexibility index (Phi) is 10.4. The van der Waals surface area contributed by atoms with Crippen LogP contribution in [-0.4, -0.2) is 105 Å². The molecule has 2 aromatic heterocycles. The Morgan fingerprint density at radius 3 is 1.94 bits per heavy atom.